The number of unbranched alkanes of at least 4 members (excludes halogenated alkanes) is 1. The van der Waals surface area contributed by atoms with Gasteiger partial charge in [0.15, 0.2) is 0 Å². The lowest BCUT2D eigenvalue weighted by molar-refractivity contribution is -0.137. The van der Waals surface area contributed by atoms with Crippen LogP contribution in [0.1, 0.15) is 32.3 Å². The van der Waals surface area contributed by atoms with E-state index in [1.807, 2.05) is 18.2 Å². The Labute approximate surface area is 119 Å². The van der Waals surface area contributed by atoms with Gasteiger partial charge in [-0.25, -0.2) is 4.79 Å². The third-order valence-electron chi connectivity index (χ3n) is 2.57. The van der Waals surface area contributed by atoms with E-state index in [2.05, 4.69) is 6.92 Å². The summed E-state index contributed by atoms with van der Waals surface area (Å²) >= 11 is 0. The summed E-state index contributed by atoms with van der Waals surface area (Å²) in [4.78, 5) is 11.5. The molecule has 1 rings (SSSR count). The van der Waals surface area contributed by atoms with Gasteiger partial charge in [0.1, 0.15) is 17.4 Å². The van der Waals surface area contributed by atoms with Crippen molar-refractivity contribution in [2.24, 2.45) is 0 Å². The molecule has 20 heavy (non-hydrogen) atoms. The Hall–Kier alpha value is -2.28. The van der Waals surface area contributed by atoms with Crippen molar-refractivity contribution < 1.29 is 14.3 Å². The molecule has 0 saturated carbocycles. The summed E-state index contributed by atoms with van der Waals surface area (Å²) in [6.07, 6.45) is 3.61. The van der Waals surface area contributed by atoms with E-state index < -0.39 is 5.97 Å². The predicted octanol–water partition coefficient (Wildman–Crippen LogP) is 3.34. The molecule has 0 atom stereocenters. The van der Waals surface area contributed by atoms with Crippen molar-refractivity contribution in [1.29, 1.82) is 5.26 Å². The number of ether oxygens (including phenoxy) is 2. The molecule has 4 heteroatoms. The van der Waals surface area contributed by atoms with E-state index in [4.69, 9.17) is 14.7 Å². The largest absolute Gasteiger partial charge is 0.494 e. The standard InChI is InChI=1S/C16H19NO3/c1-3-5-10-20-15-8-6-13(7-9-15)11-14(12-17)16(18)19-4-2/h6-9,11H,3-5,10H2,1-2H3/b14-11+. The summed E-state index contributed by atoms with van der Waals surface area (Å²) in [5, 5.41) is 8.94. The van der Waals surface area contributed by atoms with E-state index in [1.54, 1.807) is 19.1 Å². The van der Waals surface area contributed by atoms with E-state index in [-0.39, 0.29) is 12.2 Å². The summed E-state index contributed by atoms with van der Waals surface area (Å²) in [6.45, 7) is 4.76. The summed E-state index contributed by atoms with van der Waals surface area (Å²) in [5.41, 5.74) is 0.754. The molecule has 0 bridgehead atoms. The zero-order chi connectivity index (χ0) is 14.8. The number of hydrogen-bond donors (Lipinski definition) is 0. The molecule has 0 unspecified atom stereocenters. The number of benzene rings is 1. The van der Waals surface area contributed by atoms with Gasteiger partial charge in [0, 0.05) is 0 Å². The first kappa shape index (κ1) is 15.8. The van der Waals surface area contributed by atoms with Gasteiger partial charge in [0.2, 0.25) is 0 Å². The Morgan fingerprint density at radius 2 is 2.00 bits per heavy atom. The van der Waals surface area contributed by atoms with Gasteiger partial charge in [-0.2, -0.15) is 5.26 Å². The van der Waals surface area contributed by atoms with Crippen LogP contribution in [0.15, 0.2) is 29.8 Å². The molecular formula is C16H19NO3. The van der Waals surface area contributed by atoms with Crippen LogP contribution in [0.4, 0.5) is 0 Å². The van der Waals surface area contributed by atoms with Crippen molar-refractivity contribution in [3.8, 4) is 11.8 Å². The van der Waals surface area contributed by atoms with Crippen LogP contribution < -0.4 is 4.74 Å². The molecule has 0 aliphatic rings. The number of rotatable bonds is 7. The first-order chi connectivity index (χ1) is 9.71. The second-order valence-electron chi connectivity index (χ2n) is 4.16. The van der Waals surface area contributed by atoms with Crippen LogP contribution in [0, 0.1) is 11.3 Å². The SMILES string of the molecule is CCCCOc1ccc(/C=C(\C#N)C(=O)OCC)cc1. The molecule has 0 spiro atoms. The van der Waals surface area contributed by atoms with Gasteiger partial charge in [-0.1, -0.05) is 25.5 Å². The Morgan fingerprint density at radius 3 is 2.55 bits per heavy atom. The Kier molecular flexibility index (Phi) is 6.91. The minimum atomic E-state index is -0.599. The normalized spacial score (nSPS) is 10.8. The number of carbonyl (C=O) groups is 1. The lowest BCUT2D eigenvalue weighted by Gasteiger charge is -2.05. The highest BCUT2D eigenvalue weighted by Gasteiger charge is 2.09. The van der Waals surface area contributed by atoms with Crippen molar-refractivity contribution in [2.45, 2.75) is 26.7 Å². The van der Waals surface area contributed by atoms with Gasteiger partial charge >= 0.3 is 5.97 Å². The van der Waals surface area contributed by atoms with Gasteiger partial charge in [-0.3, -0.25) is 0 Å². The molecule has 1 aromatic carbocycles. The second kappa shape index (κ2) is 8.76. The minimum Gasteiger partial charge on any atom is -0.494 e. The second-order valence-corrected chi connectivity index (χ2v) is 4.16. The van der Waals surface area contributed by atoms with E-state index in [1.165, 1.54) is 6.08 Å². The first-order valence-corrected chi connectivity index (χ1v) is 6.73. The molecule has 0 amide bonds. The van der Waals surface area contributed by atoms with Gasteiger partial charge < -0.3 is 9.47 Å². The molecular weight excluding hydrogens is 254 g/mol. The zero-order valence-electron chi connectivity index (χ0n) is 11.9. The van der Waals surface area contributed by atoms with Crippen molar-refractivity contribution in [3.05, 3.63) is 35.4 Å². The molecule has 0 radical (unpaired) electrons. The maximum Gasteiger partial charge on any atom is 0.348 e. The first-order valence-electron chi connectivity index (χ1n) is 6.73. The van der Waals surface area contributed by atoms with Crippen molar-refractivity contribution in [1.82, 2.24) is 0 Å². The van der Waals surface area contributed by atoms with Crippen LogP contribution in [-0.2, 0) is 9.53 Å². The molecule has 0 heterocycles. The number of nitrogens with zero attached hydrogens (tertiary/aromatic N) is 1. The Bertz CT molecular complexity index is 497. The van der Waals surface area contributed by atoms with Crippen LogP contribution in [0.25, 0.3) is 6.08 Å². The third kappa shape index (κ3) is 5.15. The number of esters is 1. The molecule has 0 aliphatic carbocycles. The lowest BCUT2D eigenvalue weighted by atomic mass is 10.1. The fourth-order valence-electron chi connectivity index (χ4n) is 1.51. The average molecular weight is 273 g/mol. The zero-order valence-corrected chi connectivity index (χ0v) is 11.9. The van der Waals surface area contributed by atoms with Crippen LogP contribution in [-0.4, -0.2) is 19.2 Å². The summed E-state index contributed by atoms with van der Waals surface area (Å²) in [5.74, 6) is 0.184. The van der Waals surface area contributed by atoms with E-state index >= 15 is 0 Å². The smallest absolute Gasteiger partial charge is 0.348 e. The maximum atomic E-state index is 11.5. The van der Waals surface area contributed by atoms with Crippen molar-refractivity contribution in [3.63, 3.8) is 0 Å². The Balaban J connectivity index is 2.72. The molecule has 1 aromatic rings. The fraction of sp³-hybridized carbons (Fsp3) is 0.375. The number of hydrogen-bond acceptors (Lipinski definition) is 4. The van der Waals surface area contributed by atoms with Crippen LogP contribution in [0.3, 0.4) is 0 Å². The molecule has 0 fully saturated rings. The average Bonchev–Trinajstić information content (AvgIpc) is 2.46. The Morgan fingerprint density at radius 1 is 1.30 bits per heavy atom. The van der Waals surface area contributed by atoms with Crippen molar-refractivity contribution in [2.75, 3.05) is 13.2 Å². The van der Waals surface area contributed by atoms with Gasteiger partial charge in [-0.05, 0) is 37.1 Å². The maximum absolute atomic E-state index is 11.5. The molecule has 0 N–H and O–H groups in total. The third-order valence-corrected chi connectivity index (χ3v) is 2.57. The summed E-state index contributed by atoms with van der Waals surface area (Å²) < 4.78 is 10.3. The van der Waals surface area contributed by atoms with Crippen LogP contribution in [0.2, 0.25) is 0 Å². The van der Waals surface area contributed by atoms with E-state index in [0.717, 1.165) is 24.2 Å². The molecule has 0 saturated heterocycles. The summed E-state index contributed by atoms with van der Waals surface area (Å²) in [6, 6.07) is 9.10. The minimum absolute atomic E-state index is 0.00787. The van der Waals surface area contributed by atoms with Crippen LogP contribution >= 0.6 is 0 Å². The van der Waals surface area contributed by atoms with Gasteiger partial charge in [0.05, 0.1) is 13.2 Å². The number of nitriles is 1. The molecule has 0 aliphatic heterocycles. The lowest BCUT2D eigenvalue weighted by Crippen LogP contribution is -2.05. The fourth-order valence-corrected chi connectivity index (χ4v) is 1.51. The number of carbonyl (C=O) groups excluding carboxylic acids is 1. The summed E-state index contributed by atoms with van der Waals surface area (Å²) in [7, 11) is 0. The topological polar surface area (TPSA) is 59.3 Å². The van der Waals surface area contributed by atoms with Crippen LogP contribution in [0.5, 0.6) is 5.75 Å². The highest BCUT2D eigenvalue weighted by atomic mass is 16.5. The van der Waals surface area contributed by atoms with Crippen molar-refractivity contribution >= 4 is 12.0 Å². The molecule has 0 aromatic heterocycles. The monoisotopic (exact) mass is 273 g/mol. The van der Waals surface area contributed by atoms with E-state index in [0.29, 0.717) is 6.61 Å². The highest BCUT2D eigenvalue weighted by Crippen LogP contribution is 2.15. The van der Waals surface area contributed by atoms with Gasteiger partial charge in [0.25, 0.3) is 0 Å². The highest BCUT2D eigenvalue weighted by molar-refractivity contribution is 5.97. The van der Waals surface area contributed by atoms with E-state index in [9.17, 15) is 4.79 Å². The molecule has 4 nitrogen and oxygen atoms in total. The quantitative estimate of drug-likeness (QED) is 0.331. The molecule has 106 valence electrons. The predicted molar refractivity (Wildman–Crippen MR) is 77.1 cm³/mol. The van der Waals surface area contributed by atoms with Gasteiger partial charge in [-0.15, -0.1) is 0 Å².